The van der Waals surface area contributed by atoms with E-state index in [0.29, 0.717) is 16.7 Å². The fraction of sp³-hybridized carbons (Fsp3) is 0.345. The molecule has 0 spiro atoms. The molecule has 4 unspecified atom stereocenters. The molecule has 11 heteroatoms. The summed E-state index contributed by atoms with van der Waals surface area (Å²) in [5, 5.41) is 44.6. The topological polar surface area (TPSA) is 165 Å². The number of nitrogens with two attached hydrogens (primary N) is 1. The fourth-order valence-electron chi connectivity index (χ4n) is 6.48. The highest BCUT2D eigenvalue weighted by molar-refractivity contribution is 6.24. The molecule has 10 nitrogen and oxygen atoms in total. The van der Waals surface area contributed by atoms with E-state index in [9.17, 15) is 34.8 Å². The number of phenolic OH excluding ortho intramolecular Hbond substituents is 1. The number of amides is 1. The lowest BCUT2D eigenvalue weighted by Crippen LogP contribution is -2.65. The Kier molecular flexibility index (Phi) is 6.27. The van der Waals surface area contributed by atoms with E-state index < -0.39 is 69.6 Å². The van der Waals surface area contributed by atoms with Crippen LogP contribution in [0.25, 0.3) is 16.9 Å². The van der Waals surface area contributed by atoms with Gasteiger partial charge in [-0.25, -0.2) is 4.39 Å². The number of hydrogen-bond acceptors (Lipinski definition) is 9. The number of ketones is 2. The summed E-state index contributed by atoms with van der Waals surface area (Å²) in [6, 6.07) is 7.20. The number of aromatic hydroxyl groups is 1. The van der Waals surface area contributed by atoms with E-state index in [1.807, 2.05) is 31.1 Å². The Labute approximate surface area is 229 Å². The van der Waals surface area contributed by atoms with Gasteiger partial charge < -0.3 is 31.1 Å². The van der Waals surface area contributed by atoms with Crippen molar-refractivity contribution >= 4 is 28.9 Å². The average Bonchev–Trinajstić information content (AvgIpc) is 2.88. The lowest BCUT2D eigenvalue weighted by Gasteiger charge is -2.50. The van der Waals surface area contributed by atoms with Gasteiger partial charge in [0.1, 0.15) is 17.1 Å². The van der Waals surface area contributed by atoms with E-state index in [1.165, 1.54) is 25.1 Å². The van der Waals surface area contributed by atoms with Crippen molar-refractivity contribution in [3.8, 4) is 16.9 Å². The molecular formula is C29H30FN3O7. The Morgan fingerprint density at radius 3 is 2.25 bits per heavy atom. The number of aliphatic hydroxyl groups is 3. The molecule has 0 radical (unpaired) electrons. The third-order valence-electron chi connectivity index (χ3n) is 8.37. The first kappa shape index (κ1) is 27.4. The van der Waals surface area contributed by atoms with Gasteiger partial charge in [-0.3, -0.25) is 19.3 Å². The van der Waals surface area contributed by atoms with E-state index in [-0.39, 0.29) is 24.0 Å². The van der Waals surface area contributed by atoms with Gasteiger partial charge in [0.15, 0.2) is 23.0 Å². The van der Waals surface area contributed by atoms with Gasteiger partial charge in [0.25, 0.3) is 5.91 Å². The first-order valence-corrected chi connectivity index (χ1v) is 12.7. The van der Waals surface area contributed by atoms with Crippen molar-refractivity contribution in [2.45, 2.75) is 24.5 Å². The highest BCUT2D eigenvalue weighted by atomic mass is 19.1. The van der Waals surface area contributed by atoms with E-state index in [0.717, 1.165) is 5.69 Å². The summed E-state index contributed by atoms with van der Waals surface area (Å²) in [7, 11) is 6.81. The minimum atomic E-state index is -2.75. The lowest BCUT2D eigenvalue weighted by molar-refractivity contribution is -0.153. The second-order valence-electron chi connectivity index (χ2n) is 11.0. The number of phenols is 1. The molecule has 3 aliphatic carbocycles. The maximum atomic E-state index is 15.0. The Balaban J connectivity index is 1.73. The second-order valence-corrected chi connectivity index (χ2v) is 11.0. The minimum absolute atomic E-state index is 0.0527. The van der Waals surface area contributed by atoms with Crippen molar-refractivity contribution in [2.24, 2.45) is 17.6 Å². The van der Waals surface area contributed by atoms with Gasteiger partial charge in [0.05, 0.1) is 11.6 Å². The van der Waals surface area contributed by atoms with Crippen LogP contribution in [-0.4, -0.2) is 82.6 Å². The van der Waals surface area contributed by atoms with Crippen molar-refractivity contribution in [1.82, 2.24) is 4.90 Å². The predicted molar refractivity (Wildman–Crippen MR) is 144 cm³/mol. The zero-order valence-corrected chi connectivity index (χ0v) is 22.4. The van der Waals surface area contributed by atoms with Gasteiger partial charge in [-0.05, 0) is 67.7 Å². The molecule has 2 aromatic carbocycles. The summed E-state index contributed by atoms with van der Waals surface area (Å²) >= 11 is 0. The largest absolute Gasteiger partial charge is 0.508 e. The normalized spacial score (nSPS) is 26.0. The van der Waals surface area contributed by atoms with Gasteiger partial charge in [0.2, 0.25) is 5.78 Å². The monoisotopic (exact) mass is 551 g/mol. The summed E-state index contributed by atoms with van der Waals surface area (Å²) in [5.41, 5.74) is 3.38. The van der Waals surface area contributed by atoms with Gasteiger partial charge >= 0.3 is 0 Å². The molecule has 1 saturated carbocycles. The predicted octanol–water partition coefficient (Wildman–Crippen LogP) is 1.84. The average molecular weight is 552 g/mol. The molecule has 0 aliphatic heterocycles. The standard InChI is InChI=1S/C29H30FN3O7/c1-32(2)14-7-5-12(6-8-14)15-11-18(30)23(34)20-16(15)9-13-10-17-22(33(3)4)25(36)21(28(31)39)27(38)29(17,40)26(37)19(13)24(20)35/h5-8,11,13,17,22,34-35,38,40H,9-10H2,1-4H3,(H2,31,39). The van der Waals surface area contributed by atoms with Gasteiger partial charge in [-0.15, -0.1) is 0 Å². The highest BCUT2D eigenvalue weighted by Crippen LogP contribution is 2.54. The summed E-state index contributed by atoms with van der Waals surface area (Å²) in [6.45, 7) is 0. The Morgan fingerprint density at radius 2 is 1.70 bits per heavy atom. The van der Waals surface area contributed by atoms with Crippen LogP contribution in [-0.2, 0) is 20.8 Å². The first-order chi connectivity index (χ1) is 18.7. The van der Waals surface area contributed by atoms with Crippen molar-refractivity contribution in [2.75, 3.05) is 33.1 Å². The molecule has 0 saturated heterocycles. The van der Waals surface area contributed by atoms with Crippen LogP contribution in [0.2, 0.25) is 0 Å². The van der Waals surface area contributed by atoms with Crippen molar-refractivity contribution in [3.63, 3.8) is 0 Å². The van der Waals surface area contributed by atoms with E-state index in [2.05, 4.69) is 0 Å². The molecule has 1 amide bonds. The Morgan fingerprint density at radius 1 is 1.07 bits per heavy atom. The van der Waals surface area contributed by atoms with Gasteiger partial charge in [-0.2, -0.15) is 0 Å². The lowest BCUT2D eigenvalue weighted by atomic mass is 9.57. The number of rotatable bonds is 4. The van der Waals surface area contributed by atoms with E-state index >= 15 is 4.39 Å². The van der Waals surface area contributed by atoms with Crippen LogP contribution < -0.4 is 10.6 Å². The number of aliphatic hydroxyl groups excluding tert-OH is 2. The quantitative estimate of drug-likeness (QED) is 0.357. The number of nitrogens with zero attached hydrogens (tertiary/aromatic N) is 2. The molecule has 5 rings (SSSR count). The third-order valence-corrected chi connectivity index (χ3v) is 8.37. The Bertz CT molecular complexity index is 1540. The maximum Gasteiger partial charge on any atom is 0.255 e. The van der Waals surface area contributed by atoms with Crippen molar-refractivity contribution in [1.29, 1.82) is 0 Å². The number of carbonyl (C=O) groups is 3. The maximum absolute atomic E-state index is 15.0. The van der Waals surface area contributed by atoms with Crippen LogP contribution in [0.15, 0.2) is 47.2 Å². The number of hydrogen-bond donors (Lipinski definition) is 5. The number of likely N-dealkylation sites (N-methyl/N-ethyl adjacent to an activating group) is 1. The zero-order chi connectivity index (χ0) is 29.4. The number of fused-ring (bicyclic) bond motifs is 3. The summed E-state index contributed by atoms with van der Waals surface area (Å²) in [4.78, 5) is 42.6. The van der Waals surface area contributed by atoms with E-state index in [1.54, 1.807) is 12.1 Å². The van der Waals surface area contributed by atoms with Crippen molar-refractivity contribution in [3.05, 3.63) is 64.2 Å². The van der Waals surface area contributed by atoms with Crippen LogP contribution >= 0.6 is 0 Å². The van der Waals surface area contributed by atoms with Crippen LogP contribution in [0.4, 0.5) is 10.1 Å². The molecule has 0 heterocycles. The van der Waals surface area contributed by atoms with Crippen LogP contribution in [0.1, 0.15) is 17.5 Å². The molecule has 2 aromatic rings. The molecular weight excluding hydrogens is 521 g/mol. The highest BCUT2D eigenvalue weighted by Gasteiger charge is 2.64. The molecule has 6 N–H and O–H groups in total. The zero-order valence-electron chi connectivity index (χ0n) is 22.4. The number of benzene rings is 2. The van der Waals surface area contributed by atoms with Gasteiger partial charge in [-0.1, -0.05) is 12.1 Å². The Hall–Kier alpha value is -4.22. The smallest absolute Gasteiger partial charge is 0.255 e. The van der Waals surface area contributed by atoms with Crippen LogP contribution in [0, 0.1) is 17.7 Å². The number of halogens is 1. The molecule has 40 heavy (non-hydrogen) atoms. The number of Topliss-reactive ketones (excluding diaryl/α,β-unsaturated/α-hetero) is 2. The summed E-state index contributed by atoms with van der Waals surface area (Å²) in [6.07, 6.45) is 0.00997. The van der Waals surface area contributed by atoms with E-state index in [4.69, 9.17) is 5.73 Å². The number of anilines is 1. The molecule has 1 fully saturated rings. The molecule has 0 aromatic heterocycles. The van der Waals surface area contributed by atoms with Crippen molar-refractivity contribution < 1.29 is 39.2 Å². The number of primary amides is 1. The number of carbonyl (C=O) groups excluding carboxylic acids is 3. The van der Waals surface area contributed by atoms with Crippen LogP contribution in [0.3, 0.4) is 0 Å². The molecule has 0 bridgehead atoms. The SMILES string of the molecule is CN(C)c1ccc(-c2cc(F)c(O)c3c2CC2CC4C(N(C)C)C(=O)C(C(N)=O)=C(O)C4(O)C(=O)C2=C3O)cc1. The summed E-state index contributed by atoms with van der Waals surface area (Å²) < 4.78 is 15.0. The molecule has 4 atom stereocenters. The first-order valence-electron chi connectivity index (χ1n) is 12.7. The second kappa shape index (κ2) is 9.17. The van der Waals surface area contributed by atoms with Gasteiger partial charge in [0, 0.05) is 31.3 Å². The summed E-state index contributed by atoms with van der Waals surface area (Å²) in [5.74, 6) is -9.03. The minimum Gasteiger partial charge on any atom is -0.508 e. The fourth-order valence-corrected chi connectivity index (χ4v) is 6.48. The third kappa shape index (κ3) is 3.65. The van der Waals surface area contributed by atoms with Crippen LogP contribution in [0.5, 0.6) is 5.75 Å². The molecule has 3 aliphatic rings. The molecule has 210 valence electrons.